The first-order chi connectivity index (χ1) is 8.15. The maximum Gasteiger partial charge on any atom is 0.408 e. The normalized spacial score (nSPS) is 14.5. The molecule has 0 saturated carbocycles. The fourth-order valence-corrected chi connectivity index (χ4v) is 1.69. The van der Waals surface area contributed by atoms with E-state index in [1.54, 1.807) is 20.8 Å². The van der Waals surface area contributed by atoms with Gasteiger partial charge in [-0.05, 0) is 27.2 Å². The molecule has 18 heavy (non-hydrogen) atoms. The van der Waals surface area contributed by atoms with Gasteiger partial charge < -0.3 is 14.8 Å². The van der Waals surface area contributed by atoms with Crippen molar-refractivity contribution in [2.24, 2.45) is 0 Å². The van der Waals surface area contributed by atoms with Crippen molar-refractivity contribution in [3.05, 3.63) is 0 Å². The minimum Gasteiger partial charge on any atom is -0.467 e. The lowest BCUT2D eigenvalue weighted by molar-refractivity contribution is -0.143. The molecule has 7 heteroatoms. The number of esters is 1. The summed E-state index contributed by atoms with van der Waals surface area (Å²) in [6, 6.07) is -0.839. The van der Waals surface area contributed by atoms with Crippen LogP contribution in [0.15, 0.2) is 0 Å². The van der Waals surface area contributed by atoms with Crippen LogP contribution in [0.2, 0.25) is 0 Å². The maximum atomic E-state index is 11.5. The first-order valence-electron chi connectivity index (χ1n) is 5.53. The molecule has 0 rings (SSSR count). The second-order valence-corrected chi connectivity index (χ2v) is 6.34. The molecule has 0 aromatic carbocycles. The zero-order valence-corrected chi connectivity index (χ0v) is 12.3. The Labute approximate surface area is 110 Å². The van der Waals surface area contributed by atoms with Crippen LogP contribution < -0.4 is 5.32 Å². The highest BCUT2D eigenvalue weighted by Gasteiger charge is 2.24. The lowest BCUT2D eigenvalue weighted by atomic mass is 10.2. The third kappa shape index (κ3) is 8.05. The molecule has 0 bridgehead atoms. The Hall–Kier alpha value is -1.11. The van der Waals surface area contributed by atoms with Gasteiger partial charge in [0.1, 0.15) is 11.6 Å². The van der Waals surface area contributed by atoms with Crippen molar-refractivity contribution in [2.75, 3.05) is 19.1 Å². The smallest absolute Gasteiger partial charge is 0.408 e. The summed E-state index contributed by atoms with van der Waals surface area (Å²) in [4.78, 5) is 23.0. The summed E-state index contributed by atoms with van der Waals surface area (Å²) in [5.41, 5.74) is -0.641. The molecular formula is C11H21NO5S. The number of hydrogen-bond acceptors (Lipinski definition) is 5. The third-order valence-corrected chi connectivity index (χ3v) is 2.68. The van der Waals surface area contributed by atoms with E-state index in [9.17, 15) is 13.8 Å². The van der Waals surface area contributed by atoms with Crippen LogP contribution >= 0.6 is 0 Å². The van der Waals surface area contributed by atoms with Gasteiger partial charge in [0.2, 0.25) is 0 Å². The summed E-state index contributed by atoms with van der Waals surface area (Å²) < 4.78 is 20.6. The fourth-order valence-electron chi connectivity index (χ4n) is 1.12. The van der Waals surface area contributed by atoms with E-state index in [1.807, 2.05) is 0 Å². The van der Waals surface area contributed by atoms with E-state index in [1.165, 1.54) is 13.4 Å². The Balaban J connectivity index is 4.45. The Kier molecular flexibility index (Phi) is 6.90. The van der Waals surface area contributed by atoms with Crippen LogP contribution in [-0.4, -0.2) is 47.0 Å². The molecule has 0 aliphatic rings. The number of carbonyl (C=O) groups is 2. The van der Waals surface area contributed by atoms with Gasteiger partial charge in [-0.1, -0.05) is 0 Å². The van der Waals surface area contributed by atoms with Gasteiger partial charge in [0.25, 0.3) is 0 Å². The van der Waals surface area contributed by atoms with E-state index in [4.69, 9.17) is 4.74 Å². The number of amides is 1. The van der Waals surface area contributed by atoms with Gasteiger partial charge in [-0.15, -0.1) is 0 Å². The first kappa shape index (κ1) is 16.9. The van der Waals surface area contributed by atoms with Gasteiger partial charge in [-0.2, -0.15) is 0 Å². The Morgan fingerprint density at radius 3 is 2.28 bits per heavy atom. The summed E-state index contributed by atoms with van der Waals surface area (Å²) >= 11 is 0. The van der Waals surface area contributed by atoms with Crippen LogP contribution in [0.5, 0.6) is 0 Å². The van der Waals surface area contributed by atoms with Crippen molar-refractivity contribution in [1.29, 1.82) is 0 Å². The molecule has 0 aromatic rings. The molecule has 0 spiro atoms. The highest BCUT2D eigenvalue weighted by Crippen LogP contribution is 2.07. The van der Waals surface area contributed by atoms with Gasteiger partial charge in [0.15, 0.2) is 0 Å². The van der Waals surface area contributed by atoms with Gasteiger partial charge in [-0.25, -0.2) is 9.59 Å². The minimum atomic E-state index is -1.04. The Morgan fingerprint density at radius 2 is 1.89 bits per heavy atom. The molecule has 6 nitrogen and oxygen atoms in total. The van der Waals surface area contributed by atoms with Crippen molar-refractivity contribution in [1.82, 2.24) is 5.32 Å². The van der Waals surface area contributed by atoms with E-state index in [0.717, 1.165) is 0 Å². The summed E-state index contributed by atoms with van der Waals surface area (Å²) in [7, 11) is 0.193. The molecule has 1 amide bonds. The number of alkyl carbamates (subject to hydrolysis) is 1. The van der Waals surface area contributed by atoms with Gasteiger partial charge >= 0.3 is 12.1 Å². The number of methoxy groups -OCH3 is 1. The zero-order chi connectivity index (χ0) is 14.3. The van der Waals surface area contributed by atoms with Crippen LogP contribution in [0.4, 0.5) is 4.79 Å². The molecule has 0 fully saturated rings. The molecule has 0 aliphatic carbocycles. The van der Waals surface area contributed by atoms with Crippen LogP contribution in [0.1, 0.15) is 27.2 Å². The molecule has 106 valence electrons. The van der Waals surface area contributed by atoms with E-state index in [2.05, 4.69) is 10.1 Å². The van der Waals surface area contributed by atoms with Crippen LogP contribution in [-0.2, 0) is 25.1 Å². The summed E-state index contributed by atoms with van der Waals surface area (Å²) in [6.07, 6.45) is 1.08. The van der Waals surface area contributed by atoms with Crippen molar-refractivity contribution in [2.45, 2.75) is 38.8 Å². The molecule has 0 saturated heterocycles. The molecule has 0 radical (unpaired) electrons. The number of carbonyl (C=O) groups excluding carboxylic acids is 2. The van der Waals surface area contributed by atoms with Gasteiger partial charge in [0.05, 0.1) is 7.11 Å². The number of hydrogen-bond donors (Lipinski definition) is 1. The summed E-state index contributed by atoms with van der Waals surface area (Å²) in [5, 5.41) is 2.41. The summed E-state index contributed by atoms with van der Waals surface area (Å²) in [6.45, 7) is 5.17. The monoisotopic (exact) mass is 279 g/mol. The standard InChI is InChI=1S/C11H21NO5S/c1-11(2,3)17-10(14)12-8(9(13)16-4)6-7-18(5)15/h8H,6-7H2,1-5H3,(H,12,14)/t8-,18?/m0/s1. The van der Waals surface area contributed by atoms with E-state index >= 15 is 0 Å². The lowest BCUT2D eigenvalue weighted by Gasteiger charge is -2.22. The highest BCUT2D eigenvalue weighted by molar-refractivity contribution is 7.84. The molecule has 0 aromatic heterocycles. The second kappa shape index (κ2) is 7.35. The Bertz CT molecular complexity index is 324. The van der Waals surface area contributed by atoms with Gasteiger partial charge in [0, 0.05) is 22.8 Å². The number of ether oxygens (including phenoxy) is 2. The number of nitrogens with one attached hydrogen (secondary N) is 1. The van der Waals surface area contributed by atoms with E-state index in [0.29, 0.717) is 5.75 Å². The highest BCUT2D eigenvalue weighted by atomic mass is 32.2. The summed E-state index contributed by atoms with van der Waals surface area (Å²) in [5.74, 6) is -0.276. The quantitative estimate of drug-likeness (QED) is 0.753. The molecule has 1 N–H and O–H groups in total. The molecule has 0 heterocycles. The maximum absolute atomic E-state index is 11.5. The lowest BCUT2D eigenvalue weighted by Crippen LogP contribution is -2.44. The average molecular weight is 279 g/mol. The largest absolute Gasteiger partial charge is 0.467 e. The number of rotatable bonds is 5. The zero-order valence-electron chi connectivity index (χ0n) is 11.4. The van der Waals surface area contributed by atoms with Crippen LogP contribution in [0.3, 0.4) is 0 Å². The fraction of sp³-hybridized carbons (Fsp3) is 0.818. The molecular weight excluding hydrogens is 258 g/mol. The predicted octanol–water partition coefficient (Wildman–Crippen LogP) is 0.821. The third-order valence-electron chi connectivity index (χ3n) is 1.87. The second-order valence-electron chi connectivity index (χ2n) is 4.79. The minimum absolute atomic E-state index is 0.245. The van der Waals surface area contributed by atoms with Gasteiger partial charge in [-0.3, -0.25) is 4.21 Å². The van der Waals surface area contributed by atoms with Crippen molar-refractivity contribution in [3.63, 3.8) is 0 Å². The van der Waals surface area contributed by atoms with Crippen molar-refractivity contribution >= 4 is 22.9 Å². The van der Waals surface area contributed by atoms with Crippen LogP contribution in [0, 0.1) is 0 Å². The first-order valence-corrected chi connectivity index (χ1v) is 7.26. The van der Waals surface area contributed by atoms with Crippen molar-refractivity contribution in [3.8, 4) is 0 Å². The SMILES string of the molecule is COC(=O)[C@H](CCS(C)=O)NC(=O)OC(C)(C)C. The molecule has 0 aliphatic heterocycles. The molecule has 1 unspecified atom stereocenters. The Morgan fingerprint density at radius 1 is 1.33 bits per heavy atom. The van der Waals surface area contributed by atoms with Crippen molar-refractivity contribution < 1.29 is 23.3 Å². The van der Waals surface area contributed by atoms with E-state index < -0.39 is 34.5 Å². The van der Waals surface area contributed by atoms with Crippen LogP contribution in [0.25, 0.3) is 0 Å². The van der Waals surface area contributed by atoms with E-state index in [-0.39, 0.29) is 6.42 Å². The topological polar surface area (TPSA) is 81.7 Å². The average Bonchev–Trinajstić information content (AvgIpc) is 2.20. The molecule has 2 atom stereocenters. The predicted molar refractivity (Wildman–Crippen MR) is 68.7 cm³/mol.